The summed E-state index contributed by atoms with van der Waals surface area (Å²) in [5.41, 5.74) is 0.669. The fourth-order valence-electron chi connectivity index (χ4n) is 2.10. The van der Waals surface area contributed by atoms with Crippen LogP contribution in [0, 0.1) is 0 Å². The molecule has 1 aliphatic heterocycles. The number of urea groups is 1. The van der Waals surface area contributed by atoms with Crippen molar-refractivity contribution in [2.45, 2.75) is 6.54 Å². The highest BCUT2D eigenvalue weighted by molar-refractivity contribution is 6.33. The number of morpholine rings is 1. The van der Waals surface area contributed by atoms with Gasteiger partial charge in [0.25, 0.3) is 0 Å². The molecule has 3 rings (SSSR count). The van der Waals surface area contributed by atoms with E-state index in [0.29, 0.717) is 48.7 Å². The van der Waals surface area contributed by atoms with E-state index < -0.39 is 0 Å². The van der Waals surface area contributed by atoms with Crippen molar-refractivity contribution in [1.29, 1.82) is 0 Å². The van der Waals surface area contributed by atoms with Crippen LogP contribution in [0.2, 0.25) is 5.02 Å². The molecule has 0 aliphatic carbocycles. The molecule has 1 N–H and O–H groups in total. The standard InChI is InChI=1S/C14H15ClN4O3/c15-11-4-2-1-3-10(11)13-18-17-12(22-13)9-16-14(20)19-5-7-21-8-6-19/h1-4H,5-9H2,(H,16,20). The van der Waals surface area contributed by atoms with Crippen LogP contribution in [-0.4, -0.2) is 47.4 Å². The van der Waals surface area contributed by atoms with Crippen LogP contribution in [0.25, 0.3) is 11.5 Å². The molecule has 8 heteroatoms. The second-order valence-electron chi connectivity index (χ2n) is 4.74. The van der Waals surface area contributed by atoms with Crippen molar-refractivity contribution in [3.63, 3.8) is 0 Å². The number of rotatable bonds is 3. The van der Waals surface area contributed by atoms with E-state index in [4.69, 9.17) is 20.8 Å². The normalized spacial score (nSPS) is 14.9. The van der Waals surface area contributed by atoms with Crippen molar-refractivity contribution in [1.82, 2.24) is 20.4 Å². The minimum atomic E-state index is -0.166. The van der Waals surface area contributed by atoms with Gasteiger partial charge in [-0.2, -0.15) is 0 Å². The SMILES string of the molecule is O=C(NCc1nnc(-c2ccccc2Cl)o1)N1CCOCC1. The van der Waals surface area contributed by atoms with E-state index >= 15 is 0 Å². The molecule has 22 heavy (non-hydrogen) atoms. The highest BCUT2D eigenvalue weighted by Gasteiger charge is 2.17. The Hall–Kier alpha value is -2.12. The van der Waals surface area contributed by atoms with E-state index in [1.54, 1.807) is 17.0 Å². The monoisotopic (exact) mass is 322 g/mol. The molecule has 2 aromatic rings. The minimum absolute atomic E-state index is 0.166. The van der Waals surface area contributed by atoms with E-state index in [1.165, 1.54) is 0 Å². The molecule has 7 nitrogen and oxygen atoms in total. The van der Waals surface area contributed by atoms with Crippen LogP contribution < -0.4 is 5.32 Å². The van der Waals surface area contributed by atoms with Gasteiger partial charge >= 0.3 is 6.03 Å². The molecule has 2 heterocycles. The van der Waals surface area contributed by atoms with Crippen LogP contribution in [0.1, 0.15) is 5.89 Å². The topological polar surface area (TPSA) is 80.5 Å². The summed E-state index contributed by atoms with van der Waals surface area (Å²) in [4.78, 5) is 13.6. The molecule has 0 spiro atoms. The number of hydrogen-bond acceptors (Lipinski definition) is 5. The molecule has 116 valence electrons. The molecule has 0 bridgehead atoms. The first-order valence-electron chi connectivity index (χ1n) is 6.92. The van der Waals surface area contributed by atoms with Gasteiger partial charge < -0.3 is 19.4 Å². The molecule has 1 saturated heterocycles. The zero-order valence-corrected chi connectivity index (χ0v) is 12.5. The summed E-state index contributed by atoms with van der Waals surface area (Å²) in [7, 11) is 0. The molecule has 1 fully saturated rings. The number of benzene rings is 1. The Kier molecular flexibility index (Phi) is 4.55. The van der Waals surface area contributed by atoms with Gasteiger partial charge in [0.05, 0.1) is 30.3 Å². The summed E-state index contributed by atoms with van der Waals surface area (Å²) < 4.78 is 10.7. The molecular formula is C14H15ClN4O3. The van der Waals surface area contributed by atoms with Crippen molar-refractivity contribution < 1.29 is 13.9 Å². The van der Waals surface area contributed by atoms with Crippen molar-refractivity contribution in [3.8, 4) is 11.5 Å². The van der Waals surface area contributed by atoms with Gasteiger partial charge in [-0.25, -0.2) is 4.79 Å². The van der Waals surface area contributed by atoms with Crippen molar-refractivity contribution in [2.75, 3.05) is 26.3 Å². The number of aromatic nitrogens is 2. The van der Waals surface area contributed by atoms with Crippen molar-refractivity contribution in [3.05, 3.63) is 35.2 Å². The molecule has 0 unspecified atom stereocenters. The highest BCUT2D eigenvalue weighted by Crippen LogP contribution is 2.26. The number of halogens is 1. The molecule has 0 radical (unpaired) electrons. The third-order valence-corrected chi connectivity index (χ3v) is 3.59. The van der Waals surface area contributed by atoms with Gasteiger partial charge in [0, 0.05) is 13.1 Å². The number of ether oxygens (including phenoxy) is 1. The van der Waals surface area contributed by atoms with Crippen LogP contribution in [0.15, 0.2) is 28.7 Å². The van der Waals surface area contributed by atoms with Gasteiger partial charge in [-0.15, -0.1) is 10.2 Å². The molecule has 1 aromatic heterocycles. The Balaban J connectivity index is 1.60. The van der Waals surface area contributed by atoms with E-state index in [2.05, 4.69) is 15.5 Å². The van der Waals surface area contributed by atoms with E-state index in [9.17, 15) is 4.79 Å². The Bertz CT molecular complexity index is 655. The zero-order chi connectivity index (χ0) is 15.4. The van der Waals surface area contributed by atoms with Crippen LogP contribution in [0.5, 0.6) is 0 Å². The predicted molar refractivity (Wildman–Crippen MR) is 79.4 cm³/mol. The average Bonchev–Trinajstić information content (AvgIpc) is 3.02. The number of amides is 2. The van der Waals surface area contributed by atoms with E-state index in [1.807, 2.05) is 12.1 Å². The van der Waals surface area contributed by atoms with E-state index in [0.717, 1.165) is 0 Å². The lowest BCUT2D eigenvalue weighted by Gasteiger charge is -2.26. The predicted octanol–water partition coefficient (Wildman–Crippen LogP) is 1.93. The fourth-order valence-corrected chi connectivity index (χ4v) is 2.31. The van der Waals surface area contributed by atoms with Gasteiger partial charge in [0.2, 0.25) is 11.8 Å². The summed E-state index contributed by atoms with van der Waals surface area (Å²) >= 11 is 6.08. The quantitative estimate of drug-likeness (QED) is 0.934. The summed E-state index contributed by atoms with van der Waals surface area (Å²) in [6, 6.07) is 7.05. The summed E-state index contributed by atoms with van der Waals surface area (Å²) in [6.45, 7) is 2.46. The lowest BCUT2D eigenvalue weighted by molar-refractivity contribution is 0.0530. The Morgan fingerprint density at radius 2 is 2.05 bits per heavy atom. The summed E-state index contributed by atoms with van der Waals surface area (Å²) in [6.07, 6.45) is 0. The molecule has 1 aliphatic rings. The molecular weight excluding hydrogens is 308 g/mol. The van der Waals surface area contributed by atoms with Crippen LogP contribution in [0.4, 0.5) is 4.79 Å². The minimum Gasteiger partial charge on any atom is -0.419 e. The smallest absolute Gasteiger partial charge is 0.317 e. The Morgan fingerprint density at radius 3 is 2.82 bits per heavy atom. The lowest BCUT2D eigenvalue weighted by atomic mass is 10.2. The molecule has 0 saturated carbocycles. The summed E-state index contributed by atoms with van der Waals surface area (Å²) in [5.74, 6) is 0.665. The maximum atomic E-state index is 12.0. The molecule has 0 atom stereocenters. The molecule has 1 aromatic carbocycles. The highest BCUT2D eigenvalue weighted by atomic mass is 35.5. The van der Waals surface area contributed by atoms with Crippen LogP contribution in [0.3, 0.4) is 0 Å². The first kappa shape index (κ1) is 14.8. The first-order chi connectivity index (χ1) is 10.7. The average molecular weight is 323 g/mol. The second kappa shape index (κ2) is 6.76. The zero-order valence-electron chi connectivity index (χ0n) is 11.8. The molecule has 2 amide bonds. The van der Waals surface area contributed by atoms with Crippen molar-refractivity contribution in [2.24, 2.45) is 0 Å². The fraction of sp³-hybridized carbons (Fsp3) is 0.357. The second-order valence-corrected chi connectivity index (χ2v) is 5.15. The van der Waals surface area contributed by atoms with E-state index in [-0.39, 0.29) is 12.6 Å². The van der Waals surface area contributed by atoms with Crippen molar-refractivity contribution >= 4 is 17.6 Å². The number of hydrogen-bond donors (Lipinski definition) is 1. The van der Waals surface area contributed by atoms with Gasteiger partial charge in [-0.1, -0.05) is 23.7 Å². The lowest BCUT2D eigenvalue weighted by Crippen LogP contribution is -2.45. The van der Waals surface area contributed by atoms with Gasteiger partial charge in [0.15, 0.2) is 0 Å². The maximum Gasteiger partial charge on any atom is 0.317 e. The van der Waals surface area contributed by atoms with Crippen LogP contribution >= 0.6 is 11.6 Å². The largest absolute Gasteiger partial charge is 0.419 e. The Labute approximate surface area is 132 Å². The van der Waals surface area contributed by atoms with Gasteiger partial charge in [-0.3, -0.25) is 0 Å². The third-order valence-electron chi connectivity index (χ3n) is 3.26. The number of carbonyl (C=O) groups is 1. The first-order valence-corrected chi connectivity index (χ1v) is 7.29. The third kappa shape index (κ3) is 3.37. The number of carbonyl (C=O) groups excluding carboxylic acids is 1. The maximum absolute atomic E-state index is 12.0. The number of nitrogens with zero attached hydrogens (tertiary/aromatic N) is 3. The van der Waals surface area contributed by atoms with Gasteiger partial charge in [-0.05, 0) is 12.1 Å². The summed E-state index contributed by atoms with van der Waals surface area (Å²) in [5, 5.41) is 11.2. The Morgan fingerprint density at radius 1 is 1.27 bits per heavy atom. The number of nitrogens with one attached hydrogen (secondary N) is 1. The van der Waals surface area contributed by atoms with Gasteiger partial charge in [0.1, 0.15) is 0 Å². The van der Waals surface area contributed by atoms with Crippen LogP contribution in [-0.2, 0) is 11.3 Å².